The molecule has 3 aromatic rings. The number of fused-ring (bicyclic) bond motifs is 1. The Morgan fingerprint density at radius 3 is 2.43 bits per heavy atom. The van der Waals surface area contributed by atoms with Crippen LogP contribution in [-0.2, 0) is 9.84 Å². The number of rotatable bonds is 3. The van der Waals surface area contributed by atoms with Crippen LogP contribution in [0.4, 0.5) is 4.39 Å². The van der Waals surface area contributed by atoms with Crippen LogP contribution in [0.25, 0.3) is 11.0 Å². The maximum Gasteiger partial charge on any atom is 0.226 e. The van der Waals surface area contributed by atoms with Gasteiger partial charge in [0, 0.05) is 6.26 Å². The highest BCUT2D eigenvalue weighted by atomic mass is 35.5. The highest BCUT2D eigenvalue weighted by molar-refractivity contribution is 7.98. The molecule has 0 fully saturated rings. The molecule has 0 saturated heterocycles. The van der Waals surface area contributed by atoms with Gasteiger partial charge in [-0.25, -0.2) is 22.8 Å². The molecule has 2 heterocycles. The summed E-state index contributed by atoms with van der Waals surface area (Å²) in [6.45, 7) is 1.61. The SMILES string of the molecule is CSn1nc2c(Cl)nc(C)nc2c1S(=O)(=O)c1ccc(F)cc1. The third-order valence-electron chi connectivity index (χ3n) is 3.07. The molecule has 0 aliphatic rings. The van der Waals surface area contributed by atoms with Crippen LogP contribution in [0.3, 0.4) is 0 Å². The molecule has 0 unspecified atom stereocenters. The fourth-order valence-electron chi connectivity index (χ4n) is 2.08. The smallest absolute Gasteiger partial charge is 0.226 e. The van der Waals surface area contributed by atoms with Crippen molar-refractivity contribution in [3.63, 3.8) is 0 Å². The minimum absolute atomic E-state index is 0.0524. The van der Waals surface area contributed by atoms with Gasteiger partial charge in [-0.3, -0.25) is 0 Å². The second kappa shape index (κ2) is 5.73. The van der Waals surface area contributed by atoms with Gasteiger partial charge in [0.25, 0.3) is 0 Å². The Morgan fingerprint density at radius 2 is 1.83 bits per heavy atom. The highest BCUT2D eigenvalue weighted by Gasteiger charge is 2.29. The first-order valence-corrected chi connectivity index (χ1v) is 9.37. The maximum atomic E-state index is 13.1. The maximum absolute atomic E-state index is 13.1. The van der Waals surface area contributed by atoms with E-state index in [4.69, 9.17) is 11.6 Å². The Kier molecular flexibility index (Phi) is 4.03. The molecule has 10 heteroatoms. The normalized spacial score (nSPS) is 12.0. The molecule has 0 aliphatic carbocycles. The van der Waals surface area contributed by atoms with E-state index in [9.17, 15) is 12.8 Å². The number of aryl methyl sites for hydroxylation is 1. The van der Waals surface area contributed by atoms with E-state index in [2.05, 4.69) is 15.1 Å². The van der Waals surface area contributed by atoms with E-state index in [1.807, 2.05) is 0 Å². The van der Waals surface area contributed by atoms with Crippen LogP contribution in [0, 0.1) is 12.7 Å². The van der Waals surface area contributed by atoms with Crippen molar-refractivity contribution in [3.05, 3.63) is 41.1 Å². The van der Waals surface area contributed by atoms with Crippen molar-refractivity contribution in [2.45, 2.75) is 16.8 Å². The van der Waals surface area contributed by atoms with Crippen molar-refractivity contribution >= 4 is 44.4 Å². The summed E-state index contributed by atoms with van der Waals surface area (Å²) in [5.41, 5.74) is 0.341. The monoisotopic (exact) mass is 372 g/mol. The van der Waals surface area contributed by atoms with Crippen LogP contribution in [0.1, 0.15) is 5.82 Å². The lowest BCUT2D eigenvalue weighted by Gasteiger charge is -2.06. The van der Waals surface area contributed by atoms with E-state index >= 15 is 0 Å². The molecule has 0 N–H and O–H groups in total. The summed E-state index contributed by atoms with van der Waals surface area (Å²) in [5, 5.41) is 4.12. The minimum Gasteiger partial charge on any atom is -0.228 e. The lowest BCUT2D eigenvalue weighted by atomic mass is 10.4. The largest absolute Gasteiger partial charge is 0.228 e. The number of sulfone groups is 1. The molecule has 0 radical (unpaired) electrons. The van der Waals surface area contributed by atoms with E-state index in [0.717, 1.165) is 24.1 Å². The van der Waals surface area contributed by atoms with Crippen molar-refractivity contribution in [1.82, 2.24) is 19.2 Å². The second-order valence-corrected chi connectivity index (χ2v) is 7.51. The van der Waals surface area contributed by atoms with Crippen LogP contribution < -0.4 is 0 Å². The molecular formula is C13H10ClFN4O2S2. The second-order valence-electron chi connectivity index (χ2n) is 4.58. The first-order valence-electron chi connectivity index (χ1n) is 6.32. The molecule has 0 saturated carbocycles. The predicted molar refractivity (Wildman–Crippen MR) is 85.8 cm³/mol. The Morgan fingerprint density at radius 1 is 1.17 bits per heavy atom. The number of benzene rings is 1. The third kappa shape index (κ3) is 2.68. The molecule has 23 heavy (non-hydrogen) atoms. The van der Waals surface area contributed by atoms with Crippen molar-refractivity contribution < 1.29 is 12.8 Å². The summed E-state index contributed by atoms with van der Waals surface area (Å²) in [6, 6.07) is 4.57. The third-order valence-corrected chi connectivity index (χ3v) is 5.83. The van der Waals surface area contributed by atoms with E-state index in [1.165, 1.54) is 16.2 Å². The molecule has 6 nitrogen and oxygen atoms in total. The van der Waals surface area contributed by atoms with Gasteiger partial charge < -0.3 is 0 Å². The number of hydrogen-bond acceptors (Lipinski definition) is 6. The van der Waals surface area contributed by atoms with Gasteiger partial charge in [-0.2, -0.15) is 9.19 Å². The lowest BCUT2D eigenvalue weighted by molar-refractivity contribution is 0.590. The number of aromatic nitrogens is 4. The van der Waals surface area contributed by atoms with Crippen molar-refractivity contribution in [2.75, 3.05) is 6.26 Å². The average molecular weight is 373 g/mol. The quantitative estimate of drug-likeness (QED) is 0.519. The van der Waals surface area contributed by atoms with Crippen molar-refractivity contribution in [1.29, 1.82) is 0 Å². The van der Waals surface area contributed by atoms with Gasteiger partial charge >= 0.3 is 0 Å². The molecule has 1 aromatic carbocycles. The highest BCUT2D eigenvalue weighted by Crippen LogP contribution is 2.31. The molecular weight excluding hydrogens is 363 g/mol. The van der Waals surface area contributed by atoms with Gasteiger partial charge in [0.1, 0.15) is 17.2 Å². The Hall–Kier alpha value is -1.71. The van der Waals surface area contributed by atoms with Crippen LogP contribution in [0.5, 0.6) is 0 Å². The Balaban J connectivity index is 2.36. The zero-order valence-corrected chi connectivity index (χ0v) is 14.4. The Bertz CT molecular complexity index is 1000. The van der Waals surface area contributed by atoms with Crippen LogP contribution >= 0.6 is 23.5 Å². The van der Waals surface area contributed by atoms with Gasteiger partial charge in [-0.15, -0.1) is 0 Å². The van der Waals surface area contributed by atoms with E-state index in [0.29, 0.717) is 5.82 Å². The first kappa shape index (κ1) is 16.2. The van der Waals surface area contributed by atoms with Gasteiger partial charge in [0.2, 0.25) is 9.84 Å². The molecule has 2 aromatic heterocycles. The van der Waals surface area contributed by atoms with Gasteiger partial charge in [0.15, 0.2) is 15.7 Å². The predicted octanol–water partition coefficient (Wildman–Crippen LogP) is 2.89. The van der Waals surface area contributed by atoms with Crippen LogP contribution in [-0.4, -0.2) is 33.8 Å². The summed E-state index contributed by atoms with van der Waals surface area (Å²) in [7, 11) is -3.95. The fourth-order valence-corrected chi connectivity index (χ4v) is 4.62. The molecule has 0 bridgehead atoms. The fraction of sp³-hybridized carbons (Fsp3) is 0.154. The van der Waals surface area contributed by atoms with E-state index in [-0.39, 0.29) is 26.1 Å². The van der Waals surface area contributed by atoms with Crippen molar-refractivity contribution in [2.24, 2.45) is 0 Å². The van der Waals surface area contributed by atoms with Crippen LogP contribution in [0.2, 0.25) is 5.15 Å². The standard InChI is InChI=1S/C13H10ClFN4O2S2/c1-7-16-11-10(12(14)17-7)18-19(22-2)13(11)23(20,21)9-5-3-8(15)4-6-9/h3-6H,1-2H3. The van der Waals surface area contributed by atoms with E-state index in [1.54, 1.807) is 13.2 Å². The number of hydrogen-bond donors (Lipinski definition) is 0. The van der Waals surface area contributed by atoms with Gasteiger partial charge in [-0.1, -0.05) is 11.6 Å². The summed E-state index contributed by atoms with van der Waals surface area (Å²) in [5.74, 6) is -0.188. The number of nitrogens with zero attached hydrogens (tertiary/aromatic N) is 4. The minimum atomic E-state index is -3.95. The topological polar surface area (TPSA) is 77.7 Å². The Labute approximate surface area is 140 Å². The van der Waals surface area contributed by atoms with Crippen molar-refractivity contribution in [3.8, 4) is 0 Å². The summed E-state index contributed by atoms with van der Waals surface area (Å²) in [6.07, 6.45) is 1.67. The molecule has 120 valence electrons. The summed E-state index contributed by atoms with van der Waals surface area (Å²) >= 11 is 7.13. The molecule has 0 aliphatic heterocycles. The lowest BCUT2D eigenvalue weighted by Crippen LogP contribution is -2.08. The van der Waals surface area contributed by atoms with E-state index < -0.39 is 15.7 Å². The molecule has 0 atom stereocenters. The molecule has 0 amide bonds. The summed E-state index contributed by atoms with van der Waals surface area (Å²) < 4.78 is 40.1. The summed E-state index contributed by atoms with van der Waals surface area (Å²) in [4.78, 5) is 8.10. The average Bonchev–Trinajstić information content (AvgIpc) is 2.87. The first-order chi connectivity index (χ1) is 10.8. The number of halogens is 2. The van der Waals surface area contributed by atoms with Gasteiger partial charge in [0.05, 0.1) is 4.90 Å². The van der Waals surface area contributed by atoms with Crippen LogP contribution in [0.15, 0.2) is 34.2 Å². The molecule has 0 spiro atoms. The zero-order valence-electron chi connectivity index (χ0n) is 12.0. The van der Waals surface area contributed by atoms with Gasteiger partial charge in [-0.05, 0) is 43.1 Å². The molecule has 3 rings (SSSR count). The zero-order chi connectivity index (χ0) is 16.8.